The van der Waals surface area contributed by atoms with E-state index in [4.69, 9.17) is 4.52 Å². The standard InChI is InChI=1S/C25H29N5O4S/c1-15(2)14-30-17(5)29-35(32,33)22-13-19(8-11-21(22)30)24(31)26-20-9-6-18(7-10-20)12-23-27-25(16(3)4)34-28-23/h6-11,13,15-16H,12,14H2,1-5H3,(H,26,31). The molecule has 0 radical (unpaired) electrons. The molecule has 0 aliphatic carbocycles. The molecule has 1 aliphatic heterocycles. The van der Waals surface area contributed by atoms with Crippen LogP contribution in [0.2, 0.25) is 0 Å². The van der Waals surface area contributed by atoms with Crippen molar-refractivity contribution in [3.63, 3.8) is 0 Å². The topological polar surface area (TPSA) is 118 Å². The van der Waals surface area contributed by atoms with E-state index in [1.54, 1.807) is 31.2 Å². The summed E-state index contributed by atoms with van der Waals surface area (Å²) in [4.78, 5) is 19.2. The van der Waals surface area contributed by atoms with Crippen molar-refractivity contribution in [2.75, 3.05) is 16.8 Å². The summed E-state index contributed by atoms with van der Waals surface area (Å²) in [6.45, 7) is 10.4. The quantitative estimate of drug-likeness (QED) is 0.508. The third kappa shape index (κ3) is 5.43. The van der Waals surface area contributed by atoms with Crippen molar-refractivity contribution in [2.45, 2.75) is 51.9 Å². The molecule has 35 heavy (non-hydrogen) atoms. The van der Waals surface area contributed by atoms with Gasteiger partial charge in [0, 0.05) is 30.1 Å². The molecule has 0 fully saturated rings. The number of rotatable bonds is 7. The molecule has 1 aliphatic rings. The highest BCUT2D eigenvalue weighted by Gasteiger charge is 2.30. The number of hydrogen-bond donors (Lipinski definition) is 1. The third-order valence-electron chi connectivity index (χ3n) is 5.53. The maximum atomic E-state index is 12.9. The number of amidine groups is 1. The average molecular weight is 496 g/mol. The van der Waals surface area contributed by atoms with Crippen LogP contribution in [0, 0.1) is 5.92 Å². The number of benzene rings is 2. The summed E-state index contributed by atoms with van der Waals surface area (Å²) in [5.74, 6) is 1.69. The summed E-state index contributed by atoms with van der Waals surface area (Å²) in [6.07, 6.45) is 0.514. The fourth-order valence-corrected chi connectivity index (χ4v) is 5.06. The van der Waals surface area contributed by atoms with Crippen molar-refractivity contribution in [1.29, 1.82) is 0 Å². The summed E-state index contributed by atoms with van der Waals surface area (Å²) in [5, 5.41) is 6.82. The maximum Gasteiger partial charge on any atom is 0.286 e. The van der Waals surface area contributed by atoms with Crippen molar-refractivity contribution in [3.05, 3.63) is 65.3 Å². The van der Waals surface area contributed by atoms with E-state index in [1.165, 1.54) is 6.07 Å². The first kappa shape index (κ1) is 24.6. The van der Waals surface area contributed by atoms with E-state index in [2.05, 4.69) is 19.9 Å². The number of carbonyl (C=O) groups excluding carboxylic acids is 1. The van der Waals surface area contributed by atoms with Crippen molar-refractivity contribution in [1.82, 2.24) is 10.1 Å². The molecule has 2 aromatic carbocycles. The Hall–Kier alpha value is -3.53. The first-order valence-electron chi connectivity index (χ1n) is 11.5. The van der Waals surface area contributed by atoms with Gasteiger partial charge in [-0.2, -0.15) is 13.4 Å². The van der Waals surface area contributed by atoms with E-state index in [0.717, 1.165) is 5.56 Å². The third-order valence-corrected chi connectivity index (χ3v) is 6.92. The Morgan fingerprint density at radius 2 is 1.80 bits per heavy atom. The lowest BCUT2D eigenvalue weighted by atomic mass is 10.1. The van der Waals surface area contributed by atoms with Crippen LogP contribution < -0.4 is 10.2 Å². The largest absolute Gasteiger partial charge is 0.339 e. The van der Waals surface area contributed by atoms with Crippen LogP contribution in [-0.2, 0) is 16.4 Å². The average Bonchev–Trinajstić information content (AvgIpc) is 3.26. The van der Waals surface area contributed by atoms with Gasteiger partial charge in [0.2, 0.25) is 5.89 Å². The molecule has 184 valence electrons. The van der Waals surface area contributed by atoms with Crippen LogP contribution in [0.25, 0.3) is 0 Å². The molecule has 0 saturated carbocycles. The molecular weight excluding hydrogens is 466 g/mol. The minimum atomic E-state index is -3.88. The highest BCUT2D eigenvalue weighted by atomic mass is 32.2. The Balaban J connectivity index is 1.50. The van der Waals surface area contributed by atoms with Gasteiger partial charge in [-0.05, 0) is 48.7 Å². The van der Waals surface area contributed by atoms with E-state index < -0.39 is 15.9 Å². The van der Waals surface area contributed by atoms with Crippen LogP contribution >= 0.6 is 0 Å². The van der Waals surface area contributed by atoms with E-state index in [9.17, 15) is 13.2 Å². The number of hydrogen-bond acceptors (Lipinski definition) is 7. The molecule has 0 spiro atoms. The number of amides is 1. The summed E-state index contributed by atoms with van der Waals surface area (Å²) in [5.41, 5.74) is 2.33. The zero-order valence-electron chi connectivity index (χ0n) is 20.4. The molecule has 0 atom stereocenters. The predicted octanol–water partition coefficient (Wildman–Crippen LogP) is 4.62. The first-order valence-corrected chi connectivity index (χ1v) is 12.9. The molecule has 2 heterocycles. The van der Waals surface area contributed by atoms with Crippen LogP contribution in [0.3, 0.4) is 0 Å². The maximum absolute atomic E-state index is 12.9. The minimum absolute atomic E-state index is 0.0348. The van der Waals surface area contributed by atoms with Crippen LogP contribution in [0.4, 0.5) is 11.4 Å². The minimum Gasteiger partial charge on any atom is -0.339 e. The number of carbonyl (C=O) groups is 1. The molecule has 4 rings (SSSR count). The van der Waals surface area contributed by atoms with Gasteiger partial charge in [-0.3, -0.25) is 4.79 Å². The van der Waals surface area contributed by atoms with Gasteiger partial charge in [-0.25, -0.2) is 0 Å². The van der Waals surface area contributed by atoms with E-state index in [1.807, 2.05) is 44.7 Å². The highest BCUT2D eigenvalue weighted by molar-refractivity contribution is 7.90. The van der Waals surface area contributed by atoms with Gasteiger partial charge in [0.05, 0.1) is 5.69 Å². The lowest BCUT2D eigenvalue weighted by Gasteiger charge is -2.30. The van der Waals surface area contributed by atoms with E-state index in [0.29, 0.717) is 47.8 Å². The number of anilines is 2. The van der Waals surface area contributed by atoms with Crippen molar-refractivity contribution < 1.29 is 17.7 Å². The second kappa shape index (κ2) is 9.61. The Morgan fingerprint density at radius 1 is 1.09 bits per heavy atom. The lowest BCUT2D eigenvalue weighted by molar-refractivity contribution is 0.102. The number of sulfonamides is 1. The van der Waals surface area contributed by atoms with Crippen LogP contribution in [0.5, 0.6) is 0 Å². The summed E-state index contributed by atoms with van der Waals surface area (Å²) >= 11 is 0. The number of aromatic nitrogens is 2. The van der Waals surface area contributed by atoms with E-state index in [-0.39, 0.29) is 16.4 Å². The first-order chi connectivity index (χ1) is 16.5. The predicted molar refractivity (Wildman–Crippen MR) is 135 cm³/mol. The molecule has 9 nitrogen and oxygen atoms in total. The summed E-state index contributed by atoms with van der Waals surface area (Å²) in [6, 6.07) is 12.0. The zero-order valence-corrected chi connectivity index (χ0v) is 21.3. The zero-order chi connectivity index (χ0) is 25.3. The van der Waals surface area contributed by atoms with Crippen LogP contribution in [-0.4, -0.2) is 36.8 Å². The van der Waals surface area contributed by atoms with Gasteiger partial charge in [0.25, 0.3) is 15.9 Å². The molecule has 3 aromatic rings. The van der Waals surface area contributed by atoms with Crippen molar-refractivity contribution in [2.24, 2.45) is 10.3 Å². The van der Waals surface area contributed by atoms with Gasteiger partial charge < -0.3 is 14.7 Å². The van der Waals surface area contributed by atoms with Gasteiger partial charge >= 0.3 is 0 Å². The highest BCUT2D eigenvalue weighted by Crippen LogP contribution is 2.33. The lowest BCUT2D eigenvalue weighted by Crippen LogP contribution is -2.36. The van der Waals surface area contributed by atoms with Crippen LogP contribution in [0.1, 0.15) is 68.2 Å². The number of fused-ring (bicyclic) bond motifs is 1. The molecule has 1 aromatic heterocycles. The molecular formula is C25H29N5O4S. The fourth-order valence-electron chi connectivity index (χ4n) is 3.79. The van der Waals surface area contributed by atoms with Gasteiger partial charge in [-0.15, -0.1) is 4.40 Å². The monoisotopic (exact) mass is 495 g/mol. The molecule has 0 unspecified atom stereocenters. The van der Waals surface area contributed by atoms with E-state index >= 15 is 0 Å². The Morgan fingerprint density at radius 3 is 2.43 bits per heavy atom. The molecule has 0 bridgehead atoms. The van der Waals surface area contributed by atoms with Gasteiger partial charge in [0.15, 0.2) is 5.82 Å². The van der Waals surface area contributed by atoms with Gasteiger partial charge in [-0.1, -0.05) is 45.0 Å². The van der Waals surface area contributed by atoms with Crippen molar-refractivity contribution in [3.8, 4) is 0 Å². The van der Waals surface area contributed by atoms with Crippen LogP contribution in [0.15, 0.2) is 56.3 Å². The second-order valence-electron chi connectivity index (χ2n) is 9.33. The van der Waals surface area contributed by atoms with Gasteiger partial charge in [0.1, 0.15) is 10.7 Å². The summed E-state index contributed by atoms with van der Waals surface area (Å²) < 4.78 is 34.6. The Kier molecular flexibility index (Phi) is 6.75. The number of nitrogens with one attached hydrogen (secondary N) is 1. The Labute approximate surface area is 205 Å². The molecule has 10 heteroatoms. The molecule has 1 amide bonds. The molecule has 0 saturated heterocycles. The smallest absolute Gasteiger partial charge is 0.286 e. The van der Waals surface area contributed by atoms with Crippen molar-refractivity contribution >= 4 is 33.1 Å². The SMILES string of the molecule is CC1=NS(=O)(=O)c2cc(C(=O)Nc3ccc(Cc4noc(C(C)C)n4)cc3)ccc2N1CC(C)C. The number of nitrogens with zero attached hydrogens (tertiary/aromatic N) is 4. The fraction of sp³-hybridized carbons (Fsp3) is 0.360. The normalized spacial score (nSPS) is 14.7. The second-order valence-corrected chi connectivity index (χ2v) is 10.9. The Bertz CT molecular complexity index is 1380. The summed E-state index contributed by atoms with van der Waals surface area (Å²) in [7, 11) is -3.88. The molecule has 1 N–H and O–H groups in total.